The van der Waals surface area contributed by atoms with Crippen molar-refractivity contribution in [3.8, 4) is 5.75 Å². The van der Waals surface area contributed by atoms with Crippen molar-refractivity contribution >= 4 is 33.7 Å². The van der Waals surface area contributed by atoms with Crippen LogP contribution in [0.5, 0.6) is 5.75 Å². The van der Waals surface area contributed by atoms with Gasteiger partial charge in [0.15, 0.2) is 0 Å². The number of methoxy groups -OCH3 is 1. The van der Waals surface area contributed by atoms with Crippen LogP contribution in [-0.2, 0) is 4.74 Å². The summed E-state index contributed by atoms with van der Waals surface area (Å²) in [5.41, 5.74) is 1.83. The molecule has 0 aliphatic carbocycles. The van der Waals surface area contributed by atoms with Gasteiger partial charge in [-0.1, -0.05) is 23.3 Å². The minimum absolute atomic E-state index is 0.249. The highest BCUT2D eigenvalue weighted by atomic mass is 16.6. The first-order chi connectivity index (χ1) is 11.1. The van der Waals surface area contributed by atoms with Crippen molar-refractivity contribution in [3.63, 3.8) is 0 Å². The summed E-state index contributed by atoms with van der Waals surface area (Å²) in [6.07, 6.45) is -0.993. The first-order valence-electron chi connectivity index (χ1n) is 7.20. The minimum atomic E-state index is -0.744. The molecule has 0 atom stereocenters. The van der Waals surface area contributed by atoms with E-state index in [2.05, 4.69) is 10.2 Å². The van der Waals surface area contributed by atoms with E-state index < -0.39 is 6.09 Å². The summed E-state index contributed by atoms with van der Waals surface area (Å²) in [5, 5.41) is 9.37. The molecular weight excluding hydrogens is 296 g/mol. The number of carbonyl (C=O) groups excluding carboxylic acids is 1. The predicted molar refractivity (Wildman–Crippen MR) is 86.4 cm³/mol. The summed E-state index contributed by atoms with van der Waals surface area (Å²) in [4.78, 5) is 11.5. The van der Waals surface area contributed by atoms with Crippen molar-refractivity contribution in [2.75, 3.05) is 7.11 Å². The molecule has 3 rings (SSSR count). The number of hydrogen-bond acceptors (Lipinski definition) is 5. The van der Waals surface area contributed by atoms with Gasteiger partial charge in [0, 0.05) is 16.8 Å². The zero-order valence-corrected chi connectivity index (χ0v) is 13.1. The molecule has 0 aliphatic rings. The van der Waals surface area contributed by atoms with Crippen LogP contribution in [0.15, 0.2) is 51.0 Å². The number of benzene rings is 2. The summed E-state index contributed by atoms with van der Waals surface area (Å²) in [6, 6.07) is 11.2. The first kappa shape index (κ1) is 15.0. The van der Waals surface area contributed by atoms with Crippen LogP contribution < -0.4 is 4.74 Å². The van der Waals surface area contributed by atoms with Gasteiger partial charge in [-0.3, -0.25) is 0 Å². The molecular formula is C17H16N2O4. The van der Waals surface area contributed by atoms with Crippen LogP contribution >= 0.6 is 0 Å². The molecule has 23 heavy (non-hydrogen) atoms. The monoisotopic (exact) mass is 312 g/mol. The average molecular weight is 312 g/mol. The number of hydrogen-bond donors (Lipinski definition) is 0. The van der Waals surface area contributed by atoms with Crippen molar-refractivity contribution < 1.29 is 18.7 Å². The van der Waals surface area contributed by atoms with Gasteiger partial charge in [0.25, 0.3) is 0 Å². The predicted octanol–water partition coefficient (Wildman–Crippen LogP) is 5.22. The molecule has 0 bridgehead atoms. The maximum absolute atomic E-state index is 11.5. The van der Waals surface area contributed by atoms with Crippen molar-refractivity contribution in [2.45, 2.75) is 20.0 Å². The number of nitrogens with zero attached hydrogens (tertiary/aromatic N) is 2. The highest BCUT2D eigenvalue weighted by Gasteiger charge is 2.12. The lowest BCUT2D eigenvalue weighted by Crippen LogP contribution is -2.06. The van der Waals surface area contributed by atoms with Gasteiger partial charge in [0.1, 0.15) is 22.6 Å². The van der Waals surface area contributed by atoms with Gasteiger partial charge < -0.3 is 13.9 Å². The number of fused-ring (bicyclic) bond motifs is 3. The molecule has 6 heteroatoms. The van der Waals surface area contributed by atoms with Crippen LogP contribution in [-0.4, -0.2) is 19.3 Å². The molecule has 0 spiro atoms. The number of carbonyl (C=O) groups is 1. The average Bonchev–Trinajstić information content (AvgIpc) is 2.88. The smallest absolute Gasteiger partial charge is 0.452 e. The van der Waals surface area contributed by atoms with Crippen molar-refractivity contribution in [3.05, 3.63) is 36.4 Å². The fraction of sp³-hybridized carbons (Fsp3) is 0.235. The lowest BCUT2D eigenvalue weighted by Gasteiger charge is -2.04. The van der Waals surface area contributed by atoms with Crippen LogP contribution in [0, 0.1) is 0 Å². The van der Waals surface area contributed by atoms with Crippen LogP contribution in [0.3, 0.4) is 0 Å². The van der Waals surface area contributed by atoms with Gasteiger partial charge in [0.2, 0.25) is 0 Å². The van der Waals surface area contributed by atoms with Crippen LogP contribution in [0.2, 0.25) is 0 Å². The van der Waals surface area contributed by atoms with Crippen molar-refractivity contribution in [2.24, 2.45) is 10.2 Å². The highest BCUT2D eigenvalue weighted by molar-refractivity contribution is 6.06. The second-order valence-electron chi connectivity index (χ2n) is 5.25. The van der Waals surface area contributed by atoms with E-state index in [0.717, 1.165) is 16.4 Å². The van der Waals surface area contributed by atoms with Crippen LogP contribution in [0.1, 0.15) is 13.8 Å². The largest absolute Gasteiger partial charge is 0.494 e. The van der Waals surface area contributed by atoms with E-state index in [4.69, 9.17) is 13.9 Å². The van der Waals surface area contributed by atoms with E-state index in [1.807, 2.05) is 30.3 Å². The fourth-order valence-electron chi connectivity index (χ4n) is 2.30. The molecule has 1 amide bonds. The topological polar surface area (TPSA) is 73.4 Å². The standard InChI is InChI=1S/C17H16N2O4/c1-10(2)22-17(20)19-18-13-9-15-12(8-16(13)21-3)11-6-4-5-7-14(11)23-15/h4-10H,1-3H3. The molecule has 2 aromatic carbocycles. The third-order valence-corrected chi connectivity index (χ3v) is 3.25. The van der Waals surface area contributed by atoms with E-state index in [-0.39, 0.29) is 6.10 Å². The Balaban J connectivity index is 2.04. The number of ether oxygens (including phenoxy) is 2. The SMILES string of the molecule is COc1cc2c(cc1N=NC(=O)OC(C)C)oc1ccccc12. The molecule has 0 saturated heterocycles. The van der Waals surface area contributed by atoms with Gasteiger partial charge in [0.05, 0.1) is 13.2 Å². The Hall–Kier alpha value is -2.89. The molecule has 0 unspecified atom stereocenters. The number of azo groups is 1. The summed E-state index contributed by atoms with van der Waals surface area (Å²) in [7, 11) is 1.54. The summed E-state index contributed by atoms with van der Waals surface area (Å²) in [6.45, 7) is 3.49. The second kappa shape index (κ2) is 6.08. The lowest BCUT2D eigenvalue weighted by molar-refractivity contribution is 0.124. The van der Waals surface area contributed by atoms with Crippen LogP contribution in [0.25, 0.3) is 21.9 Å². The zero-order valence-electron chi connectivity index (χ0n) is 13.1. The third-order valence-electron chi connectivity index (χ3n) is 3.25. The lowest BCUT2D eigenvalue weighted by atomic mass is 10.1. The first-order valence-corrected chi connectivity index (χ1v) is 7.20. The Bertz CT molecular complexity index is 896. The molecule has 1 heterocycles. The number of amides is 1. The highest BCUT2D eigenvalue weighted by Crippen LogP contribution is 2.37. The Labute approximate surface area is 132 Å². The number of para-hydroxylation sites is 1. The molecule has 0 saturated carbocycles. The van der Waals surface area contributed by atoms with Gasteiger partial charge in [-0.2, -0.15) is 0 Å². The van der Waals surface area contributed by atoms with E-state index in [1.165, 1.54) is 7.11 Å². The summed E-state index contributed by atoms with van der Waals surface area (Å²) in [5.74, 6) is 0.505. The maximum atomic E-state index is 11.5. The Morgan fingerprint density at radius 1 is 1.13 bits per heavy atom. The molecule has 118 valence electrons. The van der Waals surface area contributed by atoms with E-state index in [0.29, 0.717) is 17.0 Å². The molecule has 6 nitrogen and oxygen atoms in total. The van der Waals surface area contributed by atoms with E-state index in [1.54, 1.807) is 19.9 Å². The van der Waals surface area contributed by atoms with E-state index >= 15 is 0 Å². The molecule has 0 N–H and O–H groups in total. The van der Waals surface area contributed by atoms with Crippen molar-refractivity contribution in [1.29, 1.82) is 0 Å². The Kier molecular flexibility index (Phi) is 3.97. The summed E-state index contributed by atoms with van der Waals surface area (Å²) >= 11 is 0. The van der Waals surface area contributed by atoms with Crippen LogP contribution in [0.4, 0.5) is 10.5 Å². The van der Waals surface area contributed by atoms with E-state index in [9.17, 15) is 4.79 Å². The summed E-state index contributed by atoms with van der Waals surface area (Å²) < 4.78 is 16.0. The second-order valence-corrected chi connectivity index (χ2v) is 5.25. The Morgan fingerprint density at radius 3 is 2.65 bits per heavy atom. The molecule has 0 radical (unpaired) electrons. The normalized spacial score (nSPS) is 11.7. The third kappa shape index (κ3) is 3.01. The zero-order chi connectivity index (χ0) is 16.4. The molecule has 0 fully saturated rings. The Morgan fingerprint density at radius 2 is 1.91 bits per heavy atom. The quantitative estimate of drug-likeness (QED) is 0.621. The number of rotatable bonds is 3. The van der Waals surface area contributed by atoms with Gasteiger partial charge in [-0.25, -0.2) is 4.79 Å². The van der Waals surface area contributed by atoms with Gasteiger partial charge >= 0.3 is 6.09 Å². The minimum Gasteiger partial charge on any atom is -0.494 e. The maximum Gasteiger partial charge on any atom is 0.452 e. The van der Waals surface area contributed by atoms with Gasteiger partial charge in [-0.05, 0) is 26.0 Å². The van der Waals surface area contributed by atoms with Crippen molar-refractivity contribution in [1.82, 2.24) is 0 Å². The molecule has 1 aromatic heterocycles. The number of furan rings is 1. The fourth-order valence-corrected chi connectivity index (χ4v) is 2.30. The molecule has 0 aliphatic heterocycles. The van der Waals surface area contributed by atoms with Gasteiger partial charge in [-0.15, -0.1) is 5.11 Å². The molecule has 3 aromatic rings.